The monoisotopic (exact) mass is 236 g/mol. The lowest BCUT2D eigenvalue weighted by molar-refractivity contribution is 0.102. The third kappa shape index (κ3) is 2.11. The lowest BCUT2D eigenvalue weighted by Gasteiger charge is -1.96. The number of hydrogen-bond acceptors (Lipinski definition) is 4. The fourth-order valence-corrected chi connectivity index (χ4v) is 2.03. The summed E-state index contributed by atoms with van der Waals surface area (Å²) in [6.07, 6.45) is 0. The zero-order valence-corrected chi connectivity index (χ0v) is 10.1. The molecule has 84 valence electrons. The van der Waals surface area contributed by atoms with Crippen molar-refractivity contribution >= 4 is 22.4 Å². The highest BCUT2D eigenvalue weighted by Gasteiger charge is 2.12. The van der Waals surface area contributed by atoms with Crippen LogP contribution in [0, 0.1) is 20.8 Å². The number of H-pyrrole nitrogens is 1. The number of nitrogens with one attached hydrogen (secondary N) is 2. The second-order valence-corrected chi connectivity index (χ2v) is 4.75. The van der Waals surface area contributed by atoms with E-state index in [4.69, 9.17) is 0 Å². The molecular weight excluding hydrogens is 224 g/mol. The van der Waals surface area contributed by atoms with E-state index in [9.17, 15) is 4.79 Å². The molecule has 2 aromatic rings. The molecule has 0 radical (unpaired) electrons. The fraction of sp³-hybridized carbons (Fsp3) is 0.300. The number of aryl methyl sites for hydroxylation is 3. The minimum atomic E-state index is -0.238. The van der Waals surface area contributed by atoms with Gasteiger partial charge in [0.2, 0.25) is 0 Å². The van der Waals surface area contributed by atoms with Crippen LogP contribution in [0.4, 0.5) is 5.13 Å². The molecule has 0 aliphatic carbocycles. The Morgan fingerprint density at radius 1 is 1.44 bits per heavy atom. The number of aromatic amines is 1. The topological polar surface area (TPSA) is 70.7 Å². The summed E-state index contributed by atoms with van der Waals surface area (Å²) in [7, 11) is 0. The van der Waals surface area contributed by atoms with Gasteiger partial charge in [0, 0.05) is 10.6 Å². The van der Waals surface area contributed by atoms with Crippen LogP contribution >= 0.6 is 11.3 Å². The Kier molecular flexibility index (Phi) is 2.74. The summed E-state index contributed by atoms with van der Waals surface area (Å²) in [6.45, 7) is 5.74. The van der Waals surface area contributed by atoms with Gasteiger partial charge in [-0.15, -0.1) is 11.3 Å². The Hall–Kier alpha value is -1.69. The van der Waals surface area contributed by atoms with Gasteiger partial charge in [-0.3, -0.25) is 15.2 Å². The van der Waals surface area contributed by atoms with Crippen molar-refractivity contribution in [3.05, 3.63) is 28.0 Å². The number of anilines is 1. The maximum atomic E-state index is 11.7. The Balaban J connectivity index is 2.13. The maximum Gasteiger partial charge on any atom is 0.277 e. The predicted molar refractivity (Wildman–Crippen MR) is 62.9 cm³/mol. The van der Waals surface area contributed by atoms with Gasteiger partial charge in [-0.05, 0) is 26.8 Å². The maximum absolute atomic E-state index is 11.7. The van der Waals surface area contributed by atoms with Gasteiger partial charge in [-0.2, -0.15) is 5.10 Å². The van der Waals surface area contributed by atoms with Crippen LogP contribution in [-0.2, 0) is 0 Å². The first-order valence-corrected chi connectivity index (χ1v) is 5.65. The number of aromatic nitrogens is 3. The van der Waals surface area contributed by atoms with E-state index < -0.39 is 0 Å². The molecule has 0 unspecified atom stereocenters. The predicted octanol–water partition coefficient (Wildman–Crippen LogP) is 2.04. The van der Waals surface area contributed by atoms with Crippen LogP contribution in [0.15, 0.2) is 6.07 Å². The van der Waals surface area contributed by atoms with Crippen molar-refractivity contribution in [3.8, 4) is 0 Å². The SMILES string of the molecule is Cc1cc(C(=O)Nc2nc(C)c(C)s2)n[nH]1. The van der Waals surface area contributed by atoms with Gasteiger partial charge in [0.15, 0.2) is 10.8 Å². The van der Waals surface area contributed by atoms with Gasteiger partial charge in [0.25, 0.3) is 5.91 Å². The molecule has 0 fully saturated rings. The molecule has 0 aliphatic rings. The zero-order chi connectivity index (χ0) is 11.7. The highest BCUT2D eigenvalue weighted by Crippen LogP contribution is 2.21. The summed E-state index contributed by atoms with van der Waals surface area (Å²) in [5.41, 5.74) is 2.18. The van der Waals surface area contributed by atoms with Crippen molar-refractivity contribution < 1.29 is 4.79 Å². The second kappa shape index (κ2) is 4.05. The van der Waals surface area contributed by atoms with Crippen LogP contribution in [0.5, 0.6) is 0 Å². The van der Waals surface area contributed by atoms with E-state index in [1.807, 2.05) is 20.8 Å². The molecule has 0 aliphatic heterocycles. The molecule has 2 heterocycles. The molecule has 2 rings (SSSR count). The van der Waals surface area contributed by atoms with Gasteiger partial charge >= 0.3 is 0 Å². The number of thiazole rings is 1. The van der Waals surface area contributed by atoms with Gasteiger partial charge in [0.1, 0.15) is 0 Å². The van der Waals surface area contributed by atoms with E-state index in [1.54, 1.807) is 6.07 Å². The highest BCUT2D eigenvalue weighted by atomic mass is 32.1. The molecule has 2 aromatic heterocycles. The van der Waals surface area contributed by atoms with Crippen LogP contribution in [0.25, 0.3) is 0 Å². The van der Waals surface area contributed by atoms with Gasteiger partial charge in [-0.25, -0.2) is 4.98 Å². The van der Waals surface area contributed by atoms with Gasteiger partial charge in [0.05, 0.1) is 5.69 Å². The summed E-state index contributed by atoms with van der Waals surface area (Å²) in [6, 6.07) is 1.70. The number of carbonyl (C=O) groups is 1. The van der Waals surface area contributed by atoms with Crippen molar-refractivity contribution in [2.45, 2.75) is 20.8 Å². The van der Waals surface area contributed by atoms with Crippen LogP contribution in [0.3, 0.4) is 0 Å². The summed E-state index contributed by atoms with van der Waals surface area (Å²) in [5, 5.41) is 9.94. The first kappa shape index (κ1) is 10.8. The molecule has 0 saturated carbocycles. The van der Waals surface area contributed by atoms with E-state index >= 15 is 0 Å². The molecule has 16 heavy (non-hydrogen) atoms. The number of hydrogen-bond donors (Lipinski definition) is 2. The molecule has 0 bridgehead atoms. The summed E-state index contributed by atoms with van der Waals surface area (Å²) in [5.74, 6) is -0.238. The number of amides is 1. The molecule has 0 atom stereocenters. The lowest BCUT2D eigenvalue weighted by atomic mass is 10.3. The third-order valence-electron chi connectivity index (χ3n) is 2.19. The van der Waals surface area contributed by atoms with Crippen LogP contribution in [0.1, 0.15) is 26.8 Å². The van der Waals surface area contributed by atoms with E-state index in [-0.39, 0.29) is 5.91 Å². The second-order valence-electron chi connectivity index (χ2n) is 3.55. The summed E-state index contributed by atoms with van der Waals surface area (Å²) < 4.78 is 0. The normalized spacial score (nSPS) is 10.4. The number of carbonyl (C=O) groups excluding carboxylic acids is 1. The third-order valence-corrected chi connectivity index (χ3v) is 3.18. The minimum Gasteiger partial charge on any atom is -0.296 e. The molecule has 1 amide bonds. The van der Waals surface area contributed by atoms with Gasteiger partial charge < -0.3 is 0 Å². The molecule has 6 heteroatoms. The van der Waals surface area contributed by atoms with Crippen LogP contribution < -0.4 is 5.32 Å². The molecule has 0 aromatic carbocycles. The largest absolute Gasteiger partial charge is 0.296 e. The van der Waals surface area contributed by atoms with Gasteiger partial charge in [-0.1, -0.05) is 0 Å². The lowest BCUT2D eigenvalue weighted by Crippen LogP contribution is -2.12. The Bertz CT molecular complexity index is 509. The first-order valence-electron chi connectivity index (χ1n) is 4.83. The van der Waals surface area contributed by atoms with Crippen molar-refractivity contribution in [2.24, 2.45) is 0 Å². The molecule has 2 N–H and O–H groups in total. The average molecular weight is 236 g/mol. The first-order chi connectivity index (χ1) is 7.56. The quantitative estimate of drug-likeness (QED) is 0.838. The van der Waals surface area contributed by atoms with Crippen molar-refractivity contribution in [3.63, 3.8) is 0 Å². The zero-order valence-electron chi connectivity index (χ0n) is 9.29. The molecule has 0 spiro atoms. The number of rotatable bonds is 2. The Morgan fingerprint density at radius 2 is 2.19 bits per heavy atom. The van der Waals surface area contributed by atoms with Crippen LogP contribution in [0.2, 0.25) is 0 Å². The Morgan fingerprint density at radius 3 is 2.69 bits per heavy atom. The summed E-state index contributed by atoms with van der Waals surface area (Å²) >= 11 is 1.46. The number of nitrogens with zero attached hydrogens (tertiary/aromatic N) is 2. The molecular formula is C10H12N4OS. The fourth-order valence-electron chi connectivity index (χ4n) is 1.22. The molecule has 5 nitrogen and oxygen atoms in total. The van der Waals surface area contributed by atoms with Crippen molar-refractivity contribution in [1.29, 1.82) is 0 Å². The van der Waals surface area contributed by atoms with Crippen molar-refractivity contribution in [2.75, 3.05) is 5.32 Å². The smallest absolute Gasteiger partial charge is 0.277 e. The average Bonchev–Trinajstić information content (AvgIpc) is 2.75. The van der Waals surface area contributed by atoms with Crippen molar-refractivity contribution in [1.82, 2.24) is 15.2 Å². The Labute approximate surface area is 96.9 Å². The van der Waals surface area contributed by atoms with Crippen LogP contribution in [-0.4, -0.2) is 21.1 Å². The highest BCUT2D eigenvalue weighted by molar-refractivity contribution is 7.15. The van der Waals surface area contributed by atoms with E-state index in [0.29, 0.717) is 10.8 Å². The standard InChI is InChI=1S/C10H12N4OS/c1-5-4-8(14-13-5)9(15)12-10-11-6(2)7(3)16-10/h4H,1-3H3,(H,13,14)(H,11,12,15). The summed E-state index contributed by atoms with van der Waals surface area (Å²) in [4.78, 5) is 17.1. The minimum absolute atomic E-state index is 0.238. The van der Waals surface area contributed by atoms with E-state index in [1.165, 1.54) is 11.3 Å². The van der Waals surface area contributed by atoms with E-state index in [0.717, 1.165) is 16.3 Å². The van der Waals surface area contributed by atoms with E-state index in [2.05, 4.69) is 20.5 Å². The molecule has 0 saturated heterocycles.